The number of hydrogen-bond donors (Lipinski definition) is 0. The molecule has 0 aliphatic rings. The molecule has 0 radical (unpaired) electrons. The summed E-state index contributed by atoms with van der Waals surface area (Å²) < 4.78 is 10.7. The molecule has 90 valence electrons. The van der Waals surface area contributed by atoms with Crippen molar-refractivity contribution in [2.45, 2.75) is 52.1 Å². The molecule has 0 saturated carbocycles. The predicted molar refractivity (Wildman–Crippen MR) is 69.0 cm³/mol. The SMILES string of the molecule is CCCC=CC(CCCOP)OCCC. The maximum Gasteiger partial charge on any atom is 0.0756 e. The average molecular weight is 232 g/mol. The van der Waals surface area contributed by atoms with Gasteiger partial charge in [0.15, 0.2) is 0 Å². The molecule has 0 rings (SSSR count). The van der Waals surface area contributed by atoms with Crippen LogP contribution in [0, 0.1) is 0 Å². The Morgan fingerprint density at radius 1 is 1.20 bits per heavy atom. The molecule has 3 heteroatoms. The van der Waals surface area contributed by atoms with Crippen molar-refractivity contribution in [1.82, 2.24) is 0 Å². The zero-order valence-corrected chi connectivity index (χ0v) is 11.2. The molecule has 0 aromatic rings. The normalized spacial score (nSPS) is 13.5. The Kier molecular flexibility index (Phi) is 12.2. The van der Waals surface area contributed by atoms with E-state index in [1.165, 1.54) is 6.42 Å². The van der Waals surface area contributed by atoms with Gasteiger partial charge in [0.1, 0.15) is 0 Å². The summed E-state index contributed by atoms with van der Waals surface area (Å²) in [4.78, 5) is 0. The van der Waals surface area contributed by atoms with E-state index in [1.807, 2.05) is 0 Å². The van der Waals surface area contributed by atoms with E-state index in [-0.39, 0.29) is 6.10 Å². The summed E-state index contributed by atoms with van der Waals surface area (Å²) in [5.41, 5.74) is 0. The van der Waals surface area contributed by atoms with E-state index in [2.05, 4.69) is 35.5 Å². The summed E-state index contributed by atoms with van der Waals surface area (Å²) in [6, 6.07) is 0. The number of rotatable bonds is 10. The third-order valence-electron chi connectivity index (χ3n) is 2.09. The molecule has 0 aromatic heterocycles. The predicted octanol–water partition coefficient (Wildman–Crippen LogP) is 3.72. The standard InChI is InChI=1S/C12H25O2P/c1-3-5-6-8-12(13-10-4-2)9-7-11-14-15/h6,8,12H,3-5,7,9-11,15H2,1-2H3. The first-order valence-corrected chi connectivity index (χ1v) is 6.42. The second-order valence-corrected chi connectivity index (χ2v) is 3.97. The zero-order chi connectivity index (χ0) is 11.4. The number of unbranched alkanes of at least 4 members (excludes halogenated alkanes) is 1. The van der Waals surface area contributed by atoms with Gasteiger partial charge in [-0.3, -0.25) is 0 Å². The van der Waals surface area contributed by atoms with Crippen LogP contribution in [0.5, 0.6) is 0 Å². The van der Waals surface area contributed by atoms with Crippen molar-refractivity contribution in [2.75, 3.05) is 13.2 Å². The lowest BCUT2D eigenvalue weighted by Gasteiger charge is -2.13. The van der Waals surface area contributed by atoms with E-state index < -0.39 is 0 Å². The lowest BCUT2D eigenvalue weighted by molar-refractivity contribution is 0.0759. The smallest absolute Gasteiger partial charge is 0.0756 e. The first kappa shape index (κ1) is 15.1. The first-order chi connectivity index (χ1) is 7.35. The monoisotopic (exact) mass is 232 g/mol. The number of ether oxygens (including phenoxy) is 1. The lowest BCUT2D eigenvalue weighted by Crippen LogP contribution is -2.11. The Balaban J connectivity index is 3.72. The van der Waals surface area contributed by atoms with E-state index in [0.717, 1.165) is 38.9 Å². The van der Waals surface area contributed by atoms with Gasteiger partial charge >= 0.3 is 0 Å². The van der Waals surface area contributed by atoms with Gasteiger partial charge in [-0.2, -0.15) is 0 Å². The minimum Gasteiger partial charge on any atom is -0.374 e. The minimum absolute atomic E-state index is 0.275. The Labute approximate surface area is 96.7 Å². The van der Waals surface area contributed by atoms with Crippen LogP contribution in [0.4, 0.5) is 0 Å². The van der Waals surface area contributed by atoms with E-state index in [0.29, 0.717) is 0 Å². The highest BCUT2D eigenvalue weighted by molar-refractivity contribution is 7.09. The first-order valence-electron chi connectivity index (χ1n) is 5.95. The molecule has 0 bridgehead atoms. The van der Waals surface area contributed by atoms with Crippen molar-refractivity contribution in [2.24, 2.45) is 0 Å². The van der Waals surface area contributed by atoms with Gasteiger partial charge in [0.2, 0.25) is 0 Å². The van der Waals surface area contributed by atoms with Crippen molar-refractivity contribution in [3.63, 3.8) is 0 Å². The van der Waals surface area contributed by atoms with Gasteiger partial charge in [-0.1, -0.05) is 32.4 Å². The molecule has 2 atom stereocenters. The third-order valence-corrected chi connectivity index (χ3v) is 2.33. The van der Waals surface area contributed by atoms with Crippen LogP contribution in [0.15, 0.2) is 12.2 Å². The van der Waals surface area contributed by atoms with E-state index in [9.17, 15) is 0 Å². The molecule has 0 fully saturated rings. The second kappa shape index (κ2) is 12.2. The van der Waals surface area contributed by atoms with Crippen molar-refractivity contribution < 1.29 is 9.26 Å². The maximum atomic E-state index is 5.74. The highest BCUT2D eigenvalue weighted by Gasteiger charge is 2.03. The minimum atomic E-state index is 0.275. The van der Waals surface area contributed by atoms with Gasteiger partial charge in [0.25, 0.3) is 0 Å². The molecule has 0 aliphatic heterocycles. The summed E-state index contributed by atoms with van der Waals surface area (Å²) in [5, 5.41) is 0. The van der Waals surface area contributed by atoms with Gasteiger partial charge in [-0.15, -0.1) is 0 Å². The summed E-state index contributed by atoms with van der Waals surface area (Å²) in [5.74, 6) is 0. The van der Waals surface area contributed by atoms with Crippen LogP contribution in [0.1, 0.15) is 46.0 Å². The molecule has 0 aromatic carbocycles. The van der Waals surface area contributed by atoms with E-state index in [4.69, 9.17) is 9.26 Å². The average Bonchev–Trinajstić information content (AvgIpc) is 2.25. The van der Waals surface area contributed by atoms with Crippen LogP contribution >= 0.6 is 9.47 Å². The molecule has 0 heterocycles. The van der Waals surface area contributed by atoms with Crippen molar-refractivity contribution in [3.05, 3.63) is 12.2 Å². The van der Waals surface area contributed by atoms with Gasteiger partial charge in [-0.25, -0.2) is 0 Å². The van der Waals surface area contributed by atoms with Crippen LogP contribution in [0.2, 0.25) is 0 Å². The van der Waals surface area contributed by atoms with E-state index >= 15 is 0 Å². The van der Waals surface area contributed by atoms with Crippen LogP contribution in [-0.2, 0) is 9.26 Å². The molecule has 0 aliphatic carbocycles. The molecular weight excluding hydrogens is 207 g/mol. The Morgan fingerprint density at radius 2 is 2.00 bits per heavy atom. The Hall–Kier alpha value is 0.0900. The van der Waals surface area contributed by atoms with Gasteiger partial charge in [-0.05, 0) is 25.7 Å². The molecule has 2 nitrogen and oxygen atoms in total. The lowest BCUT2D eigenvalue weighted by atomic mass is 10.1. The van der Waals surface area contributed by atoms with Crippen LogP contribution in [0.3, 0.4) is 0 Å². The molecule has 0 saturated heterocycles. The Morgan fingerprint density at radius 3 is 2.60 bits per heavy atom. The second-order valence-electron chi connectivity index (χ2n) is 3.64. The molecule has 0 N–H and O–H groups in total. The molecule has 0 spiro atoms. The zero-order valence-electron chi connectivity index (χ0n) is 10.1. The topological polar surface area (TPSA) is 18.5 Å². The number of allylic oxidation sites excluding steroid dienone is 1. The molecule has 0 amide bonds. The van der Waals surface area contributed by atoms with Crippen molar-refractivity contribution >= 4 is 9.47 Å². The van der Waals surface area contributed by atoms with E-state index in [1.54, 1.807) is 0 Å². The van der Waals surface area contributed by atoms with Gasteiger partial charge < -0.3 is 9.26 Å². The molecular formula is C12H25O2P. The van der Waals surface area contributed by atoms with Crippen LogP contribution in [0.25, 0.3) is 0 Å². The van der Waals surface area contributed by atoms with Crippen molar-refractivity contribution in [3.8, 4) is 0 Å². The molecule has 2 unspecified atom stereocenters. The number of hydrogen-bond acceptors (Lipinski definition) is 2. The molecule has 15 heavy (non-hydrogen) atoms. The van der Waals surface area contributed by atoms with Crippen molar-refractivity contribution in [1.29, 1.82) is 0 Å². The third kappa shape index (κ3) is 10.4. The largest absolute Gasteiger partial charge is 0.374 e. The quantitative estimate of drug-likeness (QED) is 0.324. The highest BCUT2D eigenvalue weighted by atomic mass is 31.0. The fraction of sp³-hybridized carbons (Fsp3) is 0.833. The fourth-order valence-corrected chi connectivity index (χ4v) is 1.45. The summed E-state index contributed by atoms with van der Waals surface area (Å²) in [6.45, 7) is 5.97. The van der Waals surface area contributed by atoms with Crippen LogP contribution in [-0.4, -0.2) is 19.3 Å². The Bertz CT molecular complexity index is 149. The van der Waals surface area contributed by atoms with Gasteiger partial charge in [0, 0.05) is 16.1 Å². The highest BCUT2D eigenvalue weighted by Crippen LogP contribution is 2.07. The summed E-state index contributed by atoms with van der Waals surface area (Å²) in [7, 11) is 2.28. The fourth-order valence-electron chi connectivity index (χ4n) is 1.29. The summed E-state index contributed by atoms with van der Waals surface area (Å²) in [6.07, 6.45) is 10.2. The maximum absolute atomic E-state index is 5.74. The van der Waals surface area contributed by atoms with Crippen LogP contribution < -0.4 is 0 Å². The summed E-state index contributed by atoms with van der Waals surface area (Å²) >= 11 is 0. The van der Waals surface area contributed by atoms with Gasteiger partial charge in [0.05, 0.1) is 12.7 Å².